The Hall–Kier alpha value is -3.15. The summed E-state index contributed by atoms with van der Waals surface area (Å²) in [6.45, 7) is 3.82. The molecule has 0 bridgehead atoms. The Morgan fingerprint density at radius 1 is 1.09 bits per heavy atom. The largest absolute Gasteiger partial charge is 0.489 e. The highest BCUT2D eigenvalue weighted by molar-refractivity contribution is 5.97. The van der Waals surface area contributed by atoms with Crippen molar-refractivity contribution in [1.82, 2.24) is 4.98 Å². The summed E-state index contributed by atoms with van der Waals surface area (Å²) in [6.07, 6.45) is 1.57. The molecule has 0 amide bonds. The molecule has 0 aliphatic heterocycles. The molecule has 0 aliphatic carbocycles. The maximum Gasteiger partial charge on any atom is 0.355 e. The van der Waals surface area contributed by atoms with E-state index in [9.17, 15) is 14.7 Å². The number of aromatic nitrogens is 1. The number of carbonyl (C=O) groups is 2. The van der Waals surface area contributed by atoms with E-state index >= 15 is 0 Å². The molecule has 112 valence electrons. The van der Waals surface area contributed by atoms with Crippen molar-refractivity contribution in [3.8, 4) is 16.9 Å². The molecule has 2 aromatic rings. The number of hydrogen-bond donors (Lipinski definition) is 2. The van der Waals surface area contributed by atoms with Crippen LogP contribution in [-0.4, -0.2) is 33.7 Å². The Morgan fingerprint density at radius 3 is 2.45 bits per heavy atom. The summed E-state index contributed by atoms with van der Waals surface area (Å²) >= 11 is 0. The quantitative estimate of drug-likeness (QED) is 0.796. The molecular formula is C16H13NO5. The Bertz CT molecular complexity index is 739. The second-order valence-electron chi connectivity index (χ2n) is 4.30. The molecule has 0 fully saturated rings. The Balaban J connectivity index is 2.59. The van der Waals surface area contributed by atoms with E-state index < -0.39 is 11.9 Å². The number of para-hydroxylation sites is 1. The third kappa shape index (κ3) is 3.12. The van der Waals surface area contributed by atoms with E-state index in [1.165, 1.54) is 12.1 Å². The molecule has 0 saturated carbocycles. The van der Waals surface area contributed by atoms with E-state index in [4.69, 9.17) is 9.84 Å². The minimum absolute atomic E-state index is 0.264. The monoisotopic (exact) mass is 299 g/mol. The van der Waals surface area contributed by atoms with E-state index in [1.54, 1.807) is 30.3 Å². The van der Waals surface area contributed by atoms with Crippen LogP contribution in [0.1, 0.15) is 21.0 Å². The molecule has 0 radical (unpaired) electrons. The molecule has 22 heavy (non-hydrogen) atoms. The van der Waals surface area contributed by atoms with Gasteiger partial charge in [0.15, 0.2) is 5.69 Å². The highest BCUT2D eigenvalue weighted by Gasteiger charge is 2.19. The van der Waals surface area contributed by atoms with Crippen LogP contribution >= 0.6 is 0 Å². The Morgan fingerprint density at radius 2 is 1.82 bits per heavy atom. The van der Waals surface area contributed by atoms with Crippen LogP contribution in [0, 0.1) is 0 Å². The first-order valence-electron chi connectivity index (χ1n) is 6.35. The van der Waals surface area contributed by atoms with Gasteiger partial charge >= 0.3 is 11.9 Å². The minimum Gasteiger partial charge on any atom is -0.489 e. The van der Waals surface area contributed by atoms with Crippen LogP contribution in [0.4, 0.5) is 0 Å². The van der Waals surface area contributed by atoms with Crippen LogP contribution in [0.3, 0.4) is 0 Å². The van der Waals surface area contributed by atoms with Gasteiger partial charge in [0, 0.05) is 11.1 Å². The van der Waals surface area contributed by atoms with E-state index in [0.29, 0.717) is 11.3 Å². The van der Waals surface area contributed by atoms with Gasteiger partial charge in [0.25, 0.3) is 0 Å². The molecular weight excluding hydrogens is 286 g/mol. The van der Waals surface area contributed by atoms with E-state index in [1.807, 2.05) is 0 Å². The zero-order valence-corrected chi connectivity index (χ0v) is 11.5. The number of ether oxygens (including phenoxy) is 1. The third-order valence-electron chi connectivity index (χ3n) is 2.85. The maximum absolute atomic E-state index is 11.4. The zero-order chi connectivity index (χ0) is 16.1. The molecule has 2 rings (SSSR count). The summed E-state index contributed by atoms with van der Waals surface area (Å²) in [6, 6.07) is 9.52. The lowest BCUT2D eigenvalue weighted by atomic mass is 10.0. The summed E-state index contributed by atoms with van der Waals surface area (Å²) in [5, 5.41) is 18.2. The zero-order valence-electron chi connectivity index (χ0n) is 11.5. The fraction of sp³-hybridized carbons (Fsp3) is 0.0625. The molecule has 0 aliphatic rings. The summed E-state index contributed by atoms with van der Waals surface area (Å²) in [7, 11) is 0. The first-order chi connectivity index (χ1) is 10.5. The van der Waals surface area contributed by atoms with Gasteiger partial charge in [0.1, 0.15) is 18.1 Å². The van der Waals surface area contributed by atoms with Gasteiger partial charge in [-0.2, -0.15) is 0 Å². The van der Waals surface area contributed by atoms with Crippen LogP contribution < -0.4 is 4.74 Å². The van der Waals surface area contributed by atoms with Crippen LogP contribution in [0.5, 0.6) is 5.75 Å². The van der Waals surface area contributed by atoms with Crippen molar-refractivity contribution >= 4 is 11.9 Å². The normalized spacial score (nSPS) is 10.0. The van der Waals surface area contributed by atoms with Crippen molar-refractivity contribution in [1.29, 1.82) is 0 Å². The van der Waals surface area contributed by atoms with Crippen molar-refractivity contribution in [3.05, 3.63) is 60.4 Å². The maximum atomic E-state index is 11.4. The summed E-state index contributed by atoms with van der Waals surface area (Å²) in [4.78, 5) is 26.0. The van der Waals surface area contributed by atoms with Gasteiger partial charge in [-0.1, -0.05) is 30.9 Å². The van der Waals surface area contributed by atoms with Gasteiger partial charge in [-0.3, -0.25) is 0 Å². The van der Waals surface area contributed by atoms with E-state index in [0.717, 1.165) is 0 Å². The smallest absolute Gasteiger partial charge is 0.355 e. The molecule has 6 heteroatoms. The Kier molecular flexibility index (Phi) is 4.53. The van der Waals surface area contributed by atoms with Gasteiger partial charge in [-0.05, 0) is 18.2 Å². The van der Waals surface area contributed by atoms with Gasteiger partial charge in [0.05, 0.1) is 0 Å². The van der Waals surface area contributed by atoms with Gasteiger partial charge in [-0.15, -0.1) is 0 Å². The number of aromatic carboxylic acids is 2. The van der Waals surface area contributed by atoms with Crippen LogP contribution in [0.15, 0.2) is 49.1 Å². The third-order valence-corrected chi connectivity index (χ3v) is 2.85. The summed E-state index contributed by atoms with van der Waals surface area (Å²) in [5.41, 5.74) is 0.142. The topological polar surface area (TPSA) is 96.7 Å². The summed E-state index contributed by atoms with van der Waals surface area (Å²) in [5.74, 6) is -2.13. The van der Waals surface area contributed by atoms with Crippen LogP contribution in [0.2, 0.25) is 0 Å². The average molecular weight is 299 g/mol. The van der Waals surface area contributed by atoms with Gasteiger partial charge in [0.2, 0.25) is 0 Å². The van der Waals surface area contributed by atoms with Gasteiger partial charge in [-0.25, -0.2) is 14.6 Å². The second kappa shape index (κ2) is 6.53. The standard InChI is InChI=1S/C16H13NO5/c1-2-9-22-13-6-4-3-5-10(13)11-7-8-12(15(18)19)17-14(11)16(20)21/h2-8H,1,9H2,(H,18,19)(H,20,21). The highest BCUT2D eigenvalue weighted by Crippen LogP contribution is 2.32. The molecule has 0 spiro atoms. The van der Waals surface area contributed by atoms with E-state index in [2.05, 4.69) is 11.6 Å². The molecule has 1 heterocycles. The first kappa shape index (κ1) is 15.2. The van der Waals surface area contributed by atoms with Crippen molar-refractivity contribution in [2.45, 2.75) is 0 Å². The number of nitrogens with zero attached hydrogens (tertiary/aromatic N) is 1. The number of carboxylic acids is 2. The molecule has 0 saturated heterocycles. The average Bonchev–Trinajstić information content (AvgIpc) is 2.52. The lowest BCUT2D eigenvalue weighted by molar-refractivity contribution is 0.0686. The predicted molar refractivity (Wildman–Crippen MR) is 79.3 cm³/mol. The van der Waals surface area contributed by atoms with Crippen molar-refractivity contribution < 1.29 is 24.5 Å². The minimum atomic E-state index is -1.31. The fourth-order valence-corrected chi connectivity index (χ4v) is 1.92. The van der Waals surface area contributed by atoms with Gasteiger partial charge < -0.3 is 14.9 Å². The molecule has 0 atom stereocenters. The highest BCUT2D eigenvalue weighted by atomic mass is 16.5. The molecule has 1 aromatic heterocycles. The summed E-state index contributed by atoms with van der Waals surface area (Å²) < 4.78 is 5.50. The molecule has 0 unspecified atom stereocenters. The number of hydrogen-bond acceptors (Lipinski definition) is 4. The van der Waals surface area contributed by atoms with Crippen molar-refractivity contribution in [3.63, 3.8) is 0 Å². The lowest BCUT2D eigenvalue weighted by Gasteiger charge is -2.12. The van der Waals surface area contributed by atoms with Crippen LogP contribution in [0.25, 0.3) is 11.1 Å². The van der Waals surface area contributed by atoms with Crippen LogP contribution in [-0.2, 0) is 0 Å². The molecule has 1 aromatic carbocycles. The number of pyridine rings is 1. The Labute approximate surface area is 126 Å². The fourth-order valence-electron chi connectivity index (χ4n) is 1.92. The molecule has 6 nitrogen and oxygen atoms in total. The predicted octanol–water partition coefficient (Wildman–Crippen LogP) is 2.71. The van der Waals surface area contributed by atoms with Crippen molar-refractivity contribution in [2.75, 3.05) is 6.61 Å². The SMILES string of the molecule is C=CCOc1ccccc1-c1ccc(C(=O)O)nc1C(=O)O. The number of rotatable bonds is 6. The number of benzene rings is 1. The number of carboxylic acid groups (broad SMARTS) is 2. The van der Waals surface area contributed by atoms with Crippen molar-refractivity contribution in [2.24, 2.45) is 0 Å². The first-order valence-corrected chi connectivity index (χ1v) is 6.35. The second-order valence-corrected chi connectivity index (χ2v) is 4.30. The van der Waals surface area contributed by atoms with E-state index in [-0.39, 0.29) is 23.6 Å². The lowest BCUT2D eigenvalue weighted by Crippen LogP contribution is -2.09. The molecule has 2 N–H and O–H groups in total.